The van der Waals surface area contributed by atoms with Gasteiger partial charge in [-0.15, -0.1) is 11.3 Å². The Bertz CT molecular complexity index is 815. The second kappa shape index (κ2) is 6.36. The Morgan fingerprint density at radius 3 is 2.59 bits per heavy atom. The standard InChI is InChI=1S/C16H13ClN2O2S/c17-14-12-3-1-2-4-13(12)22-15(14)16(21)19-18-9-10-5-7-11(20)8-6-10/h1-8,18,20H,9H2,(H,19,21). The first kappa shape index (κ1) is 14.8. The number of carbonyl (C=O) groups is 1. The second-order valence-corrected chi connectivity index (χ2v) is 6.15. The van der Waals surface area contributed by atoms with Crippen LogP contribution in [0.3, 0.4) is 0 Å². The number of aromatic hydroxyl groups is 1. The van der Waals surface area contributed by atoms with Crippen molar-refractivity contribution in [2.24, 2.45) is 0 Å². The summed E-state index contributed by atoms with van der Waals surface area (Å²) in [4.78, 5) is 12.7. The smallest absolute Gasteiger partial charge is 0.277 e. The van der Waals surface area contributed by atoms with Gasteiger partial charge in [0.1, 0.15) is 10.6 Å². The fourth-order valence-corrected chi connectivity index (χ4v) is 3.47. The molecule has 0 aliphatic rings. The van der Waals surface area contributed by atoms with Crippen LogP contribution in [0.2, 0.25) is 5.02 Å². The van der Waals surface area contributed by atoms with Crippen molar-refractivity contribution in [3.05, 3.63) is 64.0 Å². The van der Waals surface area contributed by atoms with Gasteiger partial charge in [-0.2, -0.15) is 0 Å². The van der Waals surface area contributed by atoms with Gasteiger partial charge in [-0.05, 0) is 23.8 Å². The van der Waals surface area contributed by atoms with Crippen molar-refractivity contribution < 1.29 is 9.90 Å². The quantitative estimate of drug-likeness (QED) is 0.638. The van der Waals surface area contributed by atoms with Crippen LogP contribution in [-0.2, 0) is 6.54 Å². The normalized spacial score (nSPS) is 10.8. The van der Waals surface area contributed by atoms with Gasteiger partial charge in [-0.25, -0.2) is 5.43 Å². The van der Waals surface area contributed by atoms with Crippen LogP contribution in [0.15, 0.2) is 48.5 Å². The summed E-state index contributed by atoms with van der Waals surface area (Å²) in [6, 6.07) is 14.4. The number of hydrogen-bond donors (Lipinski definition) is 3. The molecular weight excluding hydrogens is 320 g/mol. The maximum atomic E-state index is 12.2. The fourth-order valence-electron chi connectivity index (χ4n) is 2.06. The van der Waals surface area contributed by atoms with Crippen molar-refractivity contribution in [1.29, 1.82) is 0 Å². The van der Waals surface area contributed by atoms with Gasteiger partial charge in [-0.1, -0.05) is 41.9 Å². The third-order valence-electron chi connectivity index (χ3n) is 3.17. The van der Waals surface area contributed by atoms with E-state index in [9.17, 15) is 9.90 Å². The largest absolute Gasteiger partial charge is 0.508 e. The van der Waals surface area contributed by atoms with E-state index in [0.717, 1.165) is 15.6 Å². The number of amides is 1. The molecule has 0 atom stereocenters. The number of nitrogens with one attached hydrogen (secondary N) is 2. The highest BCUT2D eigenvalue weighted by Gasteiger charge is 2.16. The summed E-state index contributed by atoms with van der Waals surface area (Å²) < 4.78 is 0.983. The average Bonchev–Trinajstić information content (AvgIpc) is 2.87. The number of phenols is 1. The minimum atomic E-state index is -0.259. The molecule has 0 unspecified atom stereocenters. The summed E-state index contributed by atoms with van der Waals surface area (Å²) in [6.07, 6.45) is 0. The van der Waals surface area contributed by atoms with E-state index in [4.69, 9.17) is 11.6 Å². The molecule has 0 saturated heterocycles. The van der Waals surface area contributed by atoms with Gasteiger partial charge < -0.3 is 5.11 Å². The first-order valence-corrected chi connectivity index (χ1v) is 7.83. The summed E-state index contributed by atoms with van der Waals surface area (Å²) in [7, 11) is 0. The molecule has 0 radical (unpaired) electrons. The molecule has 0 bridgehead atoms. The van der Waals surface area contributed by atoms with E-state index in [1.807, 2.05) is 24.3 Å². The Labute approximate surface area is 136 Å². The van der Waals surface area contributed by atoms with Gasteiger partial charge in [0, 0.05) is 16.6 Å². The number of phenolic OH excluding ortho intramolecular Hbond substituents is 1. The third-order valence-corrected chi connectivity index (χ3v) is 4.85. The minimum absolute atomic E-state index is 0.213. The van der Waals surface area contributed by atoms with Crippen LogP contribution in [0.1, 0.15) is 15.2 Å². The summed E-state index contributed by atoms with van der Waals surface area (Å²) >= 11 is 7.62. The molecule has 3 N–H and O–H groups in total. The van der Waals surface area contributed by atoms with Crippen LogP contribution in [0, 0.1) is 0 Å². The zero-order valence-corrected chi connectivity index (χ0v) is 13.0. The minimum Gasteiger partial charge on any atom is -0.508 e. The summed E-state index contributed by atoms with van der Waals surface area (Å²) in [5.41, 5.74) is 6.44. The van der Waals surface area contributed by atoms with Gasteiger partial charge in [-0.3, -0.25) is 10.2 Å². The van der Waals surface area contributed by atoms with E-state index in [1.54, 1.807) is 24.3 Å². The van der Waals surface area contributed by atoms with E-state index >= 15 is 0 Å². The van der Waals surface area contributed by atoms with Crippen molar-refractivity contribution >= 4 is 38.9 Å². The second-order valence-electron chi connectivity index (χ2n) is 4.72. The highest BCUT2D eigenvalue weighted by atomic mass is 35.5. The van der Waals surface area contributed by atoms with Crippen LogP contribution in [0.4, 0.5) is 0 Å². The number of carbonyl (C=O) groups excluding carboxylic acids is 1. The monoisotopic (exact) mass is 332 g/mol. The molecule has 112 valence electrons. The Balaban J connectivity index is 1.66. The molecule has 1 aromatic heterocycles. The predicted octanol–water partition coefficient (Wildman–Crippen LogP) is 3.69. The van der Waals surface area contributed by atoms with Crippen molar-refractivity contribution in [1.82, 2.24) is 10.9 Å². The SMILES string of the molecule is O=C(NNCc1ccc(O)cc1)c1sc2ccccc2c1Cl. The van der Waals surface area contributed by atoms with Gasteiger partial charge in [0.15, 0.2) is 0 Å². The lowest BCUT2D eigenvalue weighted by molar-refractivity contribution is 0.0936. The zero-order valence-electron chi connectivity index (χ0n) is 11.5. The van der Waals surface area contributed by atoms with E-state index in [2.05, 4.69) is 10.9 Å². The average molecular weight is 333 g/mol. The summed E-state index contributed by atoms with van der Waals surface area (Å²) in [6.45, 7) is 0.453. The van der Waals surface area contributed by atoms with Crippen molar-refractivity contribution in [3.8, 4) is 5.75 Å². The van der Waals surface area contributed by atoms with Crippen molar-refractivity contribution in [2.75, 3.05) is 0 Å². The number of hydrogen-bond acceptors (Lipinski definition) is 4. The lowest BCUT2D eigenvalue weighted by atomic mass is 10.2. The number of fused-ring (bicyclic) bond motifs is 1. The Kier molecular flexibility index (Phi) is 4.29. The molecule has 3 rings (SSSR count). The van der Waals surface area contributed by atoms with E-state index in [-0.39, 0.29) is 11.7 Å². The van der Waals surface area contributed by atoms with Gasteiger partial charge in [0.05, 0.1) is 5.02 Å². The predicted molar refractivity (Wildman–Crippen MR) is 89.2 cm³/mol. The molecule has 3 aromatic rings. The molecule has 0 aliphatic heterocycles. The zero-order chi connectivity index (χ0) is 15.5. The van der Waals surface area contributed by atoms with E-state index in [1.165, 1.54) is 11.3 Å². The van der Waals surface area contributed by atoms with Crippen molar-refractivity contribution in [2.45, 2.75) is 6.54 Å². The molecule has 0 spiro atoms. The highest BCUT2D eigenvalue weighted by molar-refractivity contribution is 7.21. The number of thiophene rings is 1. The first-order chi connectivity index (χ1) is 10.6. The molecule has 0 saturated carbocycles. The Hall–Kier alpha value is -2.08. The number of rotatable bonds is 4. The summed E-state index contributed by atoms with van der Waals surface area (Å²) in [5, 5.41) is 10.6. The maximum Gasteiger partial charge on any atom is 0.277 e. The number of benzene rings is 2. The number of hydrazine groups is 1. The third kappa shape index (κ3) is 3.06. The molecule has 0 fully saturated rings. The molecule has 2 aromatic carbocycles. The Morgan fingerprint density at radius 2 is 1.86 bits per heavy atom. The van der Waals surface area contributed by atoms with Crippen LogP contribution in [0.25, 0.3) is 10.1 Å². The first-order valence-electron chi connectivity index (χ1n) is 6.63. The van der Waals surface area contributed by atoms with Crippen molar-refractivity contribution in [3.63, 3.8) is 0 Å². The van der Waals surface area contributed by atoms with Crippen LogP contribution in [0.5, 0.6) is 5.75 Å². The van der Waals surface area contributed by atoms with Crippen LogP contribution >= 0.6 is 22.9 Å². The molecule has 22 heavy (non-hydrogen) atoms. The maximum absolute atomic E-state index is 12.2. The molecule has 1 heterocycles. The lowest BCUT2D eigenvalue weighted by Gasteiger charge is -2.06. The molecular formula is C16H13ClN2O2S. The molecule has 4 nitrogen and oxygen atoms in total. The topological polar surface area (TPSA) is 61.4 Å². The molecule has 1 amide bonds. The van der Waals surface area contributed by atoms with Gasteiger partial charge >= 0.3 is 0 Å². The summed E-state index contributed by atoms with van der Waals surface area (Å²) in [5.74, 6) is -0.0465. The Morgan fingerprint density at radius 1 is 1.14 bits per heavy atom. The van der Waals surface area contributed by atoms with E-state index in [0.29, 0.717) is 16.4 Å². The van der Waals surface area contributed by atoms with E-state index < -0.39 is 0 Å². The van der Waals surface area contributed by atoms with Crippen LogP contribution in [-0.4, -0.2) is 11.0 Å². The number of halogens is 1. The molecule has 0 aliphatic carbocycles. The lowest BCUT2D eigenvalue weighted by Crippen LogP contribution is -2.36. The van der Waals surface area contributed by atoms with Gasteiger partial charge in [0.2, 0.25) is 0 Å². The highest BCUT2D eigenvalue weighted by Crippen LogP contribution is 2.34. The molecule has 6 heteroatoms. The fraction of sp³-hybridized carbons (Fsp3) is 0.0625. The van der Waals surface area contributed by atoms with Crippen LogP contribution < -0.4 is 10.9 Å². The van der Waals surface area contributed by atoms with Gasteiger partial charge in [0.25, 0.3) is 5.91 Å².